The minimum Gasteiger partial charge on any atom is -0.469 e. The van der Waals surface area contributed by atoms with E-state index >= 15 is 0 Å². The van der Waals surface area contributed by atoms with Gasteiger partial charge in [0, 0.05) is 32.1 Å². The number of hydrogen-bond acceptors (Lipinski definition) is 4. The Morgan fingerprint density at radius 3 is 2.29 bits per heavy atom. The van der Waals surface area contributed by atoms with Gasteiger partial charge in [-0.05, 0) is 26.7 Å². The summed E-state index contributed by atoms with van der Waals surface area (Å²) in [5.41, 5.74) is 0. The Bertz CT molecular complexity index is 427. The van der Waals surface area contributed by atoms with Gasteiger partial charge in [0.25, 0.3) is 0 Å². The maximum absolute atomic E-state index is 12.5. The summed E-state index contributed by atoms with van der Waals surface area (Å²) in [5.74, 6) is -0.405. The molecule has 1 atom stereocenters. The van der Waals surface area contributed by atoms with Gasteiger partial charge in [-0.3, -0.25) is 14.4 Å². The van der Waals surface area contributed by atoms with E-state index in [4.69, 9.17) is 4.74 Å². The van der Waals surface area contributed by atoms with E-state index in [-0.39, 0.29) is 35.7 Å². The van der Waals surface area contributed by atoms with Gasteiger partial charge < -0.3 is 14.5 Å². The van der Waals surface area contributed by atoms with Crippen LogP contribution in [0.25, 0.3) is 0 Å². The molecule has 0 aromatic carbocycles. The summed E-state index contributed by atoms with van der Waals surface area (Å²) in [7, 11) is 1.39. The number of carbonyl (C=O) groups excluding carboxylic acids is 3. The molecule has 0 N–H and O–H groups in total. The quantitative estimate of drug-likeness (QED) is 0.717. The van der Waals surface area contributed by atoms with Gasteiger partial charge in [0.15, 0.2) is 0 Å². The van der Waals surface area contributed by atoms with Crippen molar-refractivity contribution >= 4 is 17.8 Å². The lowest BCUT2D eigenvalue weighted by Gasteiger charge is -2.32. The van der Waals surface area contributed by atoms with E-state index in [1.54, 1.807) is 9.80 Å². The van der Waals surface area contributed by atoms with E-state index in [9.17, 15) is 14.4 Å². The molecule has 2 fully saturated rings. The molecule has 2 heterocycles. The number of hydrogen-bond donors (Lipinski definition) is 0. The number of methoxy groups -OCH3 is 1. The van der Waals surface area contributed by atoms with Gasteiger partial charge in [-0.1, -0.05) is 0 Å². The fourth-order valence-electron chi connectivity index (χ4n) is 3.16. The SMILES string of the molecule is COC(=O)C1CCN(C(=O)C2CC(=O)N(C(C)C)C2)CC1. The van der Waals surface area contributed by atoms with Gasteiger partial charge >= 0.3 is 5.97 Å². The van der Waals surface area contributed by atoms with E-state index < -0.39 is 0 Å². The summed E-state index contributed by atoms with van der Waals surface area (Å²) in [6.07, 6.45) is 1.61. The first-order chi connectivity index (χ1) is 9.93. The molecule has 2 aliphatic rings. The first-order valence-corrected chi connectivity index (χ1v) is 7.60. The van der Waals surface area contributed by atoms with E-state index in [0.29, 0.717) is 38.9 Å². The molecule has 0 aromatic heterocycles. The third-order valence-corrected chi connectivity index (χ3v) is 4.47. The predicted octanol–water partition coefficient (Wildman–Crippen LogP) is 0.655. The van der Waals surface area contributed by atoms with Crippen molar-refractivity contribution in [3.63, 3.8) is 0 Å². The van der Waals surface area contributed by atoms with Crippen LogP contribution >= 0.6 is 0 Å². The average Bonchev–Trinajstić information content (AvgIpc) is 2.88. The van der Waals surface area contributed by atoms with Crippen LogP contribution in [0.3, 0.4) is 0 Å². The molecule has 2 aliphatic heterocycles. The summed E-state index contributed by atoms with van der Waals surface area (Å²) in [5, 5.41) is 0. The Kier molecular flexibility index (Phi) is 4.85. The van der Waals surface area contributed by atoms with Crippen molar-refractivity contribution in [2.45, 2.75) is 39.2 Å². The summed E-state index contributed by atoms with van der Waals surface area (Å²) in [4.78, 5) is 39.4. The van der Waals surface area contributed by atoms with Gasteiger partial charge in [-0.2, -0.15) is 0 Å². The molecule has 6 heteroatoms. The van der Waals surface area contributed by atoms with Crippen molar-refractivity contribution in [1.29, 1.82) is 0 Å². The molecule has 118 valence electrons. The number of piperidine rings is 1. The topological polar surface area (TPSA) is 66.9 Å². The zero-order chi connectivity index (χ0) is 15.6. The maximum atomic E-state index is 12.5. The highest BCUT2D eigenvalue weighted by Gasteiger charge is 2.38. The summed E-state index contributed by atoms with van der Waals surface area (Å²) >= 11 is 0. The summed E-state index contributed by atoms with van der Waals surface area (Å²) in [6.45, 7) is 5.60. The highest BCUT2D eigenvalue weighted by Crippen LogP contribution is 2.25. The highest BCUT2D eigenvalue weighted by molar-refractivity contribution is 5.89. The van der Waals surface area contributed by atoms with Crippen molar-refractivity contribution in [2.75, 3.05) is 26.7 Å². The van der Waals surface area contributed by atoms with Crippen molar-refractivity contribution in [3.05, 3.63) is 0 Å². The monoisotopic (exact) mass is 296 g/mol. The van der Waals surface area contributed by atoms with Crippen molar-refractivity contribution < 1.29 is 19.1 Å². The maximum Gasteiger partial charge on any atom is 0.308 e. The van der Waals surface area contributed by atoms with Gasteiger partial charge in [0.2, 0.25) is 11.8 Å². The lowest BCUT2D eigenvalue weighted by molar-refractivity contribution is -0.149. The lowest BCUT2D eigenvalue weighted by atomic mass is 9.95. The predicted molar refractivity (Wildman–Crippen MR) is 76.3 cm³/mol. The van der Waals surface area contributed by atoms with Gasteiger partial charge in [-0.15, -0.1) is 0 Å². The standard InChI is InChI=1S/C15H24N2O4/c1-10(2)17-9-12(8-13(17)18)14(19)16-6-4-11(5-7-16)15(20)21-3/h10-12H,4-9H2,1-3H3. The summed E-state index contributed by atoms with van der Waals surface area (Å²) in [6, 6.07) is 0.139. The number of esters is 1. The number of carbonyl (C=O) groups is 3. The molecule has 2 amide bonds. The van der Waals surface area contributed by atoms with Crippen molar-refractivity contribution in [3.8, 4) is 0 Å². The molecule has 0 aromatic rings. The van der Waals surface area contributed by atoms with Gasteiger partial charge in [0.1, 0.15) is 0 Å². The first-order valence-electron chi connectivity index (χ1n) is 7.60. The Labute approximate surface area is 125 Å². The van der Waals surface area contributed by atoms with Crippen LogP contribution in [0.15, 0.2) is 0 Å². The van der Waals surface area contributed by atoms with Crippen LogP contribution in [0.2, 0.25) is 0 Å². The molecule has 0 radical (unpaired) electrons. The molecule has 0 spiro atoms. The third-order valence-electron chi connectivity index (χ3n) is 4.47. The number of likely N-dealkylation sites (tertiary alicyclic amines) is 2. The van der Waals surface area contributed by atoms with E-state index in [1.807, 2.05) is 13.8 Å². The normalized spacial score (nSPS) is 23.8. The second kappa shape index (κ2) is 6.45. The molecule has 0 aliphatic carbocycles. The van der Waals surface area contributed by atoms with Gasteiger partial charge in [0.05, 0.1) is 18.9 Å². The van der Waals surface area contributed by atoms with Crippen LogP contribution in [-0.2, 0) is 19.1 Å². The van der Waals surface area contributed by atoms with Crippen LogP contribution in [0.5, 0.6) is 0 Å². The zero-order valence-corrected chi connectivity index (χ0v) is 13.0. The van der Waals surface area contributed by atoms with Gasteiger partial charge in [-0.25, -0.2) is 0 Å². The minimum absolute atomic E-state index is 0.0508. The zero-order valence-electron chi connectivity index (χ0n) is 13.0. The molecule has 2 rings (SSSR count). The molecule has 1 unspecified atom stereocenters. The van der Waals surface area contributed by atoms with Crippen LogP contribution in [0.1, 0.15) is 33.1 Å². The smallest absolute Gasteiger partial charge is 0.308 e. The largest absolute Gasteiger partial charge is 0.469 e. The van der Waals surface area contributed by atoms with Crippen LogP contribution < -0.4 is 0 Å². The molecular weight excluding hydrogens is 272 g/mol. The fraction of sp³-hybridized carbons (Fsp3) is 0.800. The van der Waals surface area contributed by atoms with Crippen molar-refractivity contribution in [2.24, 2.45) is 11.8 Å². The van der Waals surface area contributed by atoms with E-state index in [1.165, 1.54) is 7.11 Å². The second-order valence-electron chi connectivity index (χ2n) is 6.16. The van der Waals surface area contributed by atoms with Crippen LogP contribution in [0, 0.1) is 11.8 Å². The molecule has 21 heavy (non-hydrogen) atoms. The Hall–Kier alpha value is -1.59. The lowest BCUT2D eigenvalue weighted by Crippen LogP contribution is -2.44. The molecule has 0 bridgehead atoms. The molecule has 2 saturated heterocycles. The second-order valence-corrected chi connectivity index (χ2v) is 6.16. The number of nitrogens with zero attached hydrogens (tertiary/aromatic N) is 2. The van der Waals surface area contributed by atoms with E-state index in [2.05, 4.69) is 0 Å². The molecule has 6 nitrogen and oxygen atoms in total. The average molecular weight is 296 g/mol. The third kappa shape index (κ3) is 3.36. The Morgan fingerprint density at radius 1 is 1.19 bits per heavy atom. The summed E-state index contributed by atoms with van der Waals surface area (Å²) < 4.78 is 4.75. The fourth-order valence-corrected chi connectivity index (χ4v) is 3.16. The Morgan fingerprint density at radius 2 is 1.81 bits per heavy atom. The molecule has 0 saturated carbocycles. The number of ether oxygens (including phenoxy) is 1. The minimum atomic E-state index is -0.227. The molecular formula is C15H24N2O4. The Balaban J connectivity index is 1.88. The van der Waals surface area contributed by atoms with Crippen LogP contribution in [0.4, 0.5) is 0 Å². The first kappa shape index (κ1) is 15.8. The number of amides is 2. The highest BCUT2D eigenvalue weighted by atomic mass is 16.5. The van der Waals surface area contributed by atoms with E-state index in [0.717, 1.165) is 0 Å². The van der Waals surface area contributed by atoms with Crippen molar-refractivity contribution in [1.82, 2.24) is 9.80 Å². The number of rotatable bonds is 3. The van der Waals surface area contributed by atoms with Crippen LogP contribution in [-0.4, -0.2) is 60.4 Å².